The Bertz CT molecular complexity index is 710. The molecular formula is C14H10FN3O. The van der Waals surface area contributed by atoms with Crippen molar-refractivity contribution in [3.05, 3.63) is 54.6 Å². The zero-order valence-corrected chi connectivity index (χ0v) is 9.88. The van der Waals surface area contributed by atoms with Crippen LogP contribution in [0.4, 0.5) is 10.3 Å². The van der Waals surface area contributed by atoms with Crippen LogP contribution in [-0.2, 0) is 0 Å². The maximum atomic E-state index is 13.2. The minimum Gasteiger partial charge on any atom is -0.367 e. The fraction of sp³-hybridized carbons (Fsp3) is 0. The molecule has 0 amide bonds. The first-order valence-corrected chi connectivity index (χ1v) is 5.67. The van der Waals surface area contributed by atoms with Gasteiger partial charge < -0.3 is 10.3 Å². The number of rotatable bonds is 2. The molecule has 0 saturated heterocycles. The maximum absolute atomic E-state index is 13.2. The number of nitrogen functional groups attached to an aromatic ring is 1. The van der Waals surface area contributed by atoms with Crippen molar-refractivity contribution in [2.75, 3.05) is 5.73 Å². The smallest absolute Gasteiger partial charge is 0.230 e. The molecule has 0 unspecified atom stereocenters. The molecule has 0 spiro atoms. The van der Waals surface area contributed by atoms with Crippen LogP contribution in [0.2, 0.25) is 0 Å². The van der Waals surface area contributed by atoms with E-state index < -0.39 is 5.82 Å². The average molecular weight is 255 g/mol. The van der Waals surface area contributed by atoms with Crippen LogP contribution in [-0.4, -0.2) is 10.1 Å². The van der Waals surface area contributed by atoms with Gasteiger partial charge in [0.2, 0.25) is 5.88 Å². The van der Waals surface area contributed by atoms with Crippen LogP contribution in [0.3, 0.4) is 0 Å². The molecule has 0 fully saturated rings. The lowest BCUT2D eigenvalue weighted by atomic mass is 10.0. The minimum absolute atomic E-state index is 0.200. The number of halogens is 1. The first-order valence-electron chi connectivity index (χ1n) is 5.67. The summed E-state index contributed by atoms with van der Waals surface area (Å²) < 4.78 is 18.3. The van der Waals surface area contributed by atoms with Gasteiger partial charge >= 0.3 is 0 Å². The number of hydrogen-bond donors (Lipinski definition) is 1. The molecule has 1 aromatic carbocycles. The van der Waals surface area contributed by atoms with Crippen LogP contribution in [0.5, 0.6) is 0 Å². The summed E-state index contributed by atoms with van der Waals surface area (Å²) in [5.74, 6) is -0.233. The number of pyridine rings is 1. The highest BCUT2D eigenvalue weighted by Crippen LogP contribution is 2.35. The Labute approximate surface area is 108 Å². The van der Waals surface area contributed by atoms with E-state index >= 15 is 0 Å². The van der Waals surface area contributed by atoms with Gasteiger partial charge in [0, 0.05) is 11.8 Å². The number of nitrogens with zero attached hydrogens (tertiary/aromatic N) is 2. The molecule has 94 valence electrons. The summed E-state index contributed by atoms with van der Waals surface area (Å²) in [5, 5.41) is 3.90. The number of anilines is 1. The van der Waals surface area contributed by atoms with Crippen molar-refractivity contribution in [2.45, 2.75) is 0 Å². The number of aromatic nitrogens is 2. The summed E-state index contributed by atoms with van der Waals surface area (Å²) in [7, 11) is 0. The molecule has 3 rings (SSSR count). The van der Waals surface area contributed by atoms with Gasteiger partial charge in [-0.15, -0.1) is 0 Å². The SMILES string of the molecule is Nc1onc(-c2cncc(F)c2)c1-c1ccccc1. The Morgan fingerprint density at radius 1 is 1.05 bits per heavy atom. The molecule has 0 aliphatic rings. The lowest BCUT2D eigenvalue weighted by Crippen LogP contribution is -1.89. The van der Waals surface area contributed by atoms with Crippen LogP contribution >= 0.6 is 0 Å². The highest BCUT2D eigenvalue weighted by atomic mass is 19.1. The van der Waals surface area contributed by atoms with Crippen LogP contribution in [0, 0.1) is 5.82 Å². The maximum Gasteiger partial charge on any atom is 0.230 e. The normalized spacial score (nSPS) is 10.6. The Balaban J connectivity index is 2.19. The van der Waals surface area contributed by atoms with Crippen LogP contribution in [0.25, 0.3) is 22.4 Å². The van der Waals surface area contributed by atoms with Crippen LogP contribution in [0.15, 0.2) is 53.3 Å². The predicted molar refractivity (Wildman–Crippen MR) is 69.5 cm³/mol. The first-order chi connectivity index (χ1) is 9.25. The predicted octanol–water partition coefficient (Wildman–Crippen LogP) is 3.12. The van der Waals surface area contributed by atoms with Gasteiger partial charge in [-0.2, -0.15) is 0 Å². The molecule has 0 bridgehead atoms. The van der Waals surface area contributed by atoms with Crippen molar-refractivity contribution in [2.24, 2.45) is 0 Å². The summed E-state index contributed by atoms with van der Waals surface area (Å²) in [6, 6.07) is 10.8. The molecule has 0 saturated carbocycles. The highest BCUT2D eigenvalue weighted by Gasteiger charge is 2.17. The molecule has 5 heteroatoms. The van der Waals surface area contributed by atoms with Crippen molar-refractivity contribution in [1.29, 1.82) is 0 Å². The zero-order chi connectivity index (χ0) is 13.2. The highest BCUT2D eigenvalue weighted by molar-refractivity contribution is 5.86. The fourth-order valence-electron chi connectivity index (χ4n) is 1.93. The average Bonchev–Trinajstić information content (AvgIpc) is 2.82. The molecule has 3 aromatic rings. The van der Waals surface area contributed by atoms with Gasteiger partial charge in [0.1, 0.15) is 11.5 Å². The summed E-state index contributed by atoms with van der Waals surface area (Å²) in [4.78, 5) is 3.81. The lowest BCUT2D eigenvalue weighted by molar-refractivity contribution is 0.439. The summed E-state index contributed by atoms with van der Waals surface area (Å²) in [5.41, 5.74) is 8.32. The molecule has 0 aliphatic heterocycles. The van der Waals surface area contributed by atoms with Crippen molar-refractivity contribution in [3.63, 3.8) is 0 Å². The summed E-state index contributed by atoms with van der Waals surface area (Å²) in [6.07, 6.45) is 2.65. The molecule has 0 aliphatic carbocycles. The van der Waals surface area contributed by atoms with Gasteiger partial charge in [-0.05, 0) is 11.6 Å². The van der Waals surface area contributed by atoms with E-state index in [0.29, 0.717) is 16.8 Å². The van der Waals surface area contributed by atoms with Crippen molar-refractivity contribution < 1.29 is 8.91 Å². The lowest BCUT2D eigenvalue weighted by Gasteiger charge is -2.02. The number of hydrogen-bond acceptors (Lipinski definition) is 4. The first kappa shape index (κ1) is 11.4. The van der Waals surface area contributed by atoms with E-state index in [-0.39, 0.29) is 5.88 Å². The Kier molecular flexibility index (Phi) is 2.72. The molecule has 0 atom stereocenters. The second kappa shape index (κ2) is 4.53. The number of nitrogens with two attached hydrogens (primary N) is 1. The van der Waals surface area contributed by atoms with Crippen LogP contribution in [0.1, 0.15) is 0 Å². The zero-order valence-electron chi connectivity index (χ0n) is 9.88. The standard InChI is InChI=1S/C14H10FN3O/c15-11-6-10(7-17-8-11)13-12(14(16)19-18-13)9-4-2-1-3-5-9/h1-8H,16H2. The van der Waals surface area contributed by atoms with E-state index in [1.165, 1.54) is 12.3 Å². The van der Waals surface area contributed by atoms with Gasteiger partial charge in [0.15, 0.2) is 0 Å². The van der Waals surface area contributed by atoms with Gasteiger partial charge in [0.05, 0.1) is 11.8 Å². The Hall–Kier alpha value is -2.69. The summed E-state index contributed by atoms with van der Waals surface area (Å²) >= 11 is 0. The largest absolute Gasteiger partial charge is 0.367 e. The van der Waals surface area contributed by atoms with Gasteiger partial charge in [-0.25, -0.2) is 4.39 Å². The fourth-order valence-corrected chi connectivity index (χ4v) is 1.93. The second-order valence-electron chi connectivity index (χ2n) is 4.03. The van der Waals surface area contributed by atoms with E-state index in [1.54, 1.807) is 0 Å². The Morgan fingerprint density at radius 3 is 2.58 bits per heavy atom. The third-order valence-corrected chi connectivity index (χ3v) is 2.76. The van der Waals surface area contributed by atoms with Crippen LogP contribution < -0.4 is 5.73 Å². The monoisotopic (exact) mass is 255 g/mol. The molecule has 2 heterocycles. The molecule has 0 radical (unpaired) electrons. The second-order valence-corrected chi connectivity index (χ2v) is 4.03. The van der Waals surface area contributed by atoms with E-state index in [2.05, 4.69) is 10.1 Å². The van der Waals surface area contributed by atoms with Crippen molar-refractivity contribution in [3.8, 4) is 22.4 Å². The minimum atomic E-state index is -0.432. The quantitative estimate of drug-likeness (QED) is 0.764. The summed E-state index contributed by atoms with van der Waals surface area (Å²) in [6.45, 7) is 0. The molecule has 2 aromatic heterocycles. The Morgan fingerprint density at radius 2 is 1.84 bits per heavy atom. The molecular weight excluding hydrogens is 245 g/mol. The van der Waals surface area contributed by atoms with Gasteiger partial charge in [0.25, 0.3) is 0 Å². The van der Waals surface area contributed by atoms with Gasteiger partial charge in [-0.3, -0.25) is 4.98 Å². The molecule has 4 nitrogen and oxygen atoms in total. The third-order valence-electron chi connectivity index (χ3n) is 2.76. The van der Waals surface area contributed by atoms with E-state index in [9.17, 15) is 4.39 Å². The van der Waals surface area contributed by atoms with E-state index in [4.69, 9.17) is 10.3 Å². The van der Waals surface area contributed by atoms with E-state index in [1.807, 2.05) is 30.3 Å². The third kappa shape index (κ3) is 2.06. The van der Waals surface area contributed by atoms with E-state index in [0.717, 1.165) is 11.8 Å². The molecule has 2 N–H and O–H groups in total. The van der Waals surface area contributed by atoms with Crippen molar-refractivity contribution >= 4 is 5.88 Å². The molecule has 19 heavy (non-hydrogen) atoms. The van der Waals surface area contributed by atoms with Gasteiger partial charge in [-0.1, -0.05) is 35.5 Å². The van der Waals surface area contributed by atoms with Crippen molar-refractivity contribution in [1.82, 2.24) is 10.1 Å². The topological polar surface area (TPSA) is 64.9 Å². The number of benzene rings is 1.